The molecular weight excluding hydrogens is 387 g/mol. The lowest BCUT2D eigenvalue weighted by molar-refractivity contribution is -0.147. The Morgan fingerprint density at radius 1 is 1.17 bits per heavy atom. The molecule has 1 unspecified atom stereocenters. The summed E-state index contributed by atoms with van der Waals surface area (Å²) in [5, 5.41) is 1.99. The lowest BCUT2D eigenvalue weighted by Gasteiger charge is -2.36. The van der Waals surface area contributed by atoms with E-state index in [4.69, 9.17) is 0 Å². The molecule has 0 saturated heterocycles. The van der Waals surface area contributed by atoms with Crippen molar-refractivity contribution in [1.29, 1.82) is 0 Å². The SMILES string of the molecule is CCC(C)N(CC(=O)N(Cc1ccc(F)cc1)Cc1cccs1)C(=O)C1CCC1. The molecule has 1 fully saturated rings. The van der Waals surface area contributed by atoms with Crippen LogP contribution < -0.4 is 0 Å². The van der Waals surface area contributed by atoms with Gasteiger partial charge >= 0.3 is 0 Å². The number of carbonyl (C=O) groups is 2. The van der Waals surface area contributed by atoms with Crippen molar-refractivity contribution in [2.75, 3.05) is 6.54 Å². The van der Waals surface area contributed by atoms with E-state index in [0.29, 0.717) is 13.1 Å². The van der Waals surface area contributed by atoms with E-state index < -0.39 is 0 Å². The number of halogens is 1. The molecule has 29 heavy (non-hydrogen) atoms. The van der Waals surface area contributed by atoms with Crippen molar-refractivity contribution in [2.45, 2.75) is 58.7 Å². The van der Waals surface area contributed by atoms with Gasteiger partial charge in [-0.15, -0.1) is 11.3 Å². The van der Waals surface area contributed by atoms with Crippen LogP contribution in [-0.4, -0.2) is 34.2 Å². The van der Waals surface area contributed by atoms with Crippen LogP contribution in [0, 0.1) is 11.7 Å². The zero-order chi connectivity index (χ0) is 20.8. The molecule has 1 atom stereocenters. The lowest BCUT2D eigenvalue weighted by Crippen LogP contribution is -2.49. The molecule has 1 aliphatic rings. The third-order valence-corrected chi connectivity index (χ3v) is 6.59. The number of hydrogen-bond acceptors (Lipinski definition) is 3. The van der Waals surface area contributed by atoms with E-state index in [0.717, 1.165) is 36.1 Å². The van der Waals surface area contributed by atoms with Crippen LogP contribution in [0.25, 0.3) is 0 Å². The third kappa shape index (κ3) is 5.66. The largest absolute Gasteiger partial charge is 0.332 e. The van der Waals surface area contributed by atoms with Crippen molar-refractivity contribution < 1.29 is 14.0 Å². The number of rotatable bonds is 9. The van der Waals surface area contributed by atoms with E-state index in [-0.39, 0.29) is 36.1 Å². The van der Waals surface area contributed by atoms with Crippen LogP contribution in [0.2, 0.25) is 0 Å². The van der Waals surface area contributed by atoms with E-state index in [2.05, 4.69) is 0 Å². The van der Waals surface area contributed by atoms with E-state index in [1.807, 2.05) is 31.4 Å². The van der Waals surface area contributed by atoms with Gasteiger partial charge in [0.15, 0.2) is 0 Å². The van der Waals surface area contributed by atoms with Gasteiger partial charge in [-0.25, -0.2) is 4.39 Å². The number of carbonyl (C=O) groups excluding carboxylic acids is 2. The summed E-state index contributed by atoms with van der Waals surface area (Å²) >= 11 is 1.60. The predicted octanol–water partition coefficient (Wildman–Crippen LogP) is 4.84. The second-order valence-electron chi connectivity index (χ2n) is 7.81. The summed E-state index contributed by atoms with van der Waals surface area (Å²) in [6.07, 6.45) is 3.76. The van der Waals surface area contributed by atoms with Crippen molar-refractivity contribution in [3.8, 4) is 0 Å². The van der Waals surface area contributed by atoms with Crippen LogP contribution in [0.3, 0.4) is 0 Å². The molecule has 1 saturated carbocycles. The Labute approximate surface area is 176 Å². The topological polar surface area (TPSA) is 40.6 Å². The fourth-order valence-electron chi connectivity index (χ4n) is 3.44. The van der Waals surface area contributed by atoms with Crippen molar-refractivity contribution in [3.63, 3.8) is 0 Å². The van der Waals surface area contributed by atoms with Gasteiger partial charge < -0.3 is 9.80 Å². The maximum Gasteiger partial charge on any atom is 0.242 e. The molecule has 0 bridgehead atoms. The maximum absolute atomic E-state index is 13.3. The second-order valence-corrected chi connectivity index (χ2v) is 8.84. The van der Waals surface area contributed by atoms with Crippen LogP contribution in [0.15, 0.2) is 41.8 Å². The Balaban J connectivity index is 1.75. The molecule has 2 amide bonds. The summed E-state index contributed by atoms with van der Waals surface area (Å²) in [7, 11) is 0. The Bertz CT molecular complexity index is 803. The Morgan fingerprint density at radius 3 is 2.45 bits per heavy atom. The molecule has 6 heteroatoms. The second kappa shape index (κ2) is 10.0. The first kappa shape index (κ1) is 21.5. The van der Waals surface area contributed by atoms with Gasteiger partial charge in [-0.05, 0) is 55.3 Å². The van der Waals surface area contributed by atoms with Crippen molar-refractivity contribution >= 4 is 23.2 Å². The molecule has 1 heterocycles. The molecule has 3 rings (SSSR count). The van der Waals surface area contributed by atoms with Gasteiger partial charge in [0.2, 0.25) is 11.8 Å². The molecule has 2 aromatic rings. The van der Waals surface area contributed by atoms with Crippen molar-refractivity contribution in [1.82, 2.24) is 9.80 Å². The predicted molar refractivity (Wildman–Crippen MR) is 114 cm³/mol. The lowest BCUT2D eigenvalue weighted by atomic mass is 9.84. The monoisotopic (exact) mass is 416 g/mol. The highest BCUT2D eigenvalue weighted by Gasteiger charge is 2.33. The summed E-state index contributed by atoms with van der Waals surface area (Å²) in [6, 6.07) is 10.2. The highest BCUT2D eigenvalue weighted by Crippen LogP contribution is 2.29. The van der Waals surface area contributed by atoms with E-state index in [1.54, 1.807) is 33.3 Å². The van der Waals surface area contributed by atoms with Crippen molar-refractivity contribution in [2.24, 2.45) is 5.92 Å². The van der Waals surface area contributed by atoms with Gasteiger partial charge in [0.05, 0.1) is 6.54 Å². The minimum Gasteiger partial charge on any atom is -0.332 e. The standard InChI is InChI=1S/C23H29FN2O2S/c1-3-17(2)26(23(28)19-6-4-7-19)16-22(27)25(15-21-8-5-13-29-21)14-18-9-11-20(24)12-10-18/h5,8-13,17,19H,3-4,6-7,14-16H2,1-2H3. The van der Waals surface area contributed by atoms with Gasteiger partial charge in [-0.2, -0.15) is 0 Å². The smallest absolute Gasteiger partial charge is 0.242 e. The summed E-state index contributed by atoms with van der Waals surface area (Å²) in [6.45, 7) is 5.02. The van der Waals surface area contributed by atoms with Crippen LogP contribution in [0.5, 0.6) is 0 Å². The summed E-state index contributed by atoms with van der Waals surface area (Å²) in [5.74, 6) is -0.189. The first-order chi connectivity index (χ1) is 14.0. The van der Waals surface area contributed by atoms with Gasteiger partial charge in [0, 0.05) is 23.4 Å². The molecule has 1 aromatic carbocycles. The molecule has 0 N–H and O–H groups in total. The van der Waals surface area contributed by atoms with Gasteiger partial charge in [-0.1, -0.05) is 31.5 Å². The molecule has 156 valence electrons. The molecule has 0 aliphatic heterocycles. The minimum atomic E-state index is -0.293. The molecular formula is C23H29FN2O2S. The van der Waals surface area contributed by atoms with E-state index >= 15 is 0 Å². The highest BCUT2D eigenvalue weighted by molar-refractivity contribution is 7.09. The van der Waals surface area contributed by atoms with E-state index in [1.165, 1.54) is 12.1 Å². The van der Waals surface area contributed by atoms with Gasteiger partial charge in [0.25, 0.3) is 0 Å². The average molecular weight is 417 g/mol. The summed E-state index contributed by atoms with van der Waals surface area (Å²) in [4.78, 5) is 30.8. The normalized spacial score (nSPS) is 14.9. The fraction of sp³-hybridized carbons (Fsp3) is 0.478. The van der Waals surface area contributed by atoms with Crippen LogP contribution in [0.1, 0.15) is 50.0 Å². The molecule has 0 spiro atoms. The third-order valence-electron chi connectivity index (χ3n) is 5.73. The zero-order valence-corrected chi connectivity index (χ0v) is 18.0. The highest BCUT2D eigenvalue weighted by atomic mass is 32.1. The minimum absolute atomic E-state index is 0.0291. The Morgan fingerprint density at radius 2 is 1.90 bits per heavy atom. The number of amides is 2. The van der Waals surface area contributed by atoms with Gasteiger partial charge in [-0.3, -0.25) is 9.59 Å². The molecule has 4 nitrogen and oxygen atoms in total. The fourth-order valence-corrected chi connectivity index (χ4v) is 4.16. The molecule has 1 aliphatic carbocycles. The van der Waals surface area contributed by atoms with Crippen LogP contribution in [-0.2, 0) is 22.7 Å². The van der Waals surface area contributed by atoms with Crippen LogP contribution in [0.4, 0.5) is 4.39 Å². The molecule has 1 aromatic heterocycles. The summed E-state index contributed by atoms with van der Waals surface area (Å²) < 4.78 is 13.3. The Hall–Kier alpha value is -2.21. The van der Waals surface area contributed by atoms with Gasteiger partial charge in [0.1, 0.15) is 12.4 Å². The van der Waals surface area contributed by atoms with Crippen LogP contribution >= 0.6 is 11.3 Å². The number of benzene rings is 1. The maximum atomic E-state index is 13.3. The average Bonchev–Trinajstić information content (AvgIpc) is 3.18. The van der Waals surface area contributed by atoms with E-state index in [9.17, 15) is 14.0 Å². The summed E-state index contributed by atoms with van der Waals surface area (Å²) in [5.41, 5.74) is 0.872. The number of nitrogens with zero attached hydrogens (tertiary/aromatic N) is 2. The number of hydrogen-bond donors (Lipinski definition) is 0. The Kier molecular flexibility index (Phi) is 7.42. The first-order valence-electron chi connectivity index (χ1n) is 10.3. The quantitative estimate of drug-likeness (QED) is 0.587. The zero-order valence-electron chi connectivity index (χ0n) is 17.1. The first-order valence-corrected chi connectivity index (χ1v) is 11.2. The molecule has 0 radical (unpaired) electrons. The number of thiophene rings is 1. The van der Waals surface area contributed by atoms with Crippen molar-refractivity contribution in [3.05, 3.63) is 58.0 Å².